The van der Waals surface area contributed by atoms with E-state index in [2.05, 4.69) is 44.1 Å². The summed E-state index contributed by atoms with van der Waals surface area (Å²) in [6.45, 7) is 6.74. The molecule has 0 unspecified atom stereocenters. The molecule has 0 spiro atoms. The SMILES string of the molecule is Cc1cc(OC(C)C)ccc1NCc1cc(Br)c(Br)o1. The minimum absolute atomic E-state index is 0.186. The third kappa shape index (κ3) is 4.03. The van der Waals surface area contributed by atoms with Crippen molar-refractivity contribution in [1.29, 1.82) is 0 Å². The first-order valence-electron chi connectivity index (χ1n) is 6.40. The van der Waals surface area contributed by atoms with Gasteiger partial charge < -0.3 is 14.5 Å². The molecular formula is C15H17Br2NO2. The number of hydrogen-bond donors (Lipinski definition) is 1. The molecule has 20 heavy (non-hydrogen) atoms. The van der Waals surface area contributed by atoms with Gasteiger partial charge in [0.05, 0.1) is 17.1 Å². The predicted octanol–water partition coefficient (Wildman–Crippen LogP) is 5.51. The Bertz CT molecular complexity index is 574. The van der Waals surface area contributed by atoms with Gasteiger partial charge in [0, 0.05) is 5.69 Å². The molecule has 1 aromatic heterocycles. The molecule has 1 heterocycles. The summed E-state index contributed by atoms with van der Waals surface area (Å²) in [5, 5.41) is 3.36. The number of rotatable bonds is 5. The summed E-state index contributed by atoms with van der Waals surface area (Å²) in [5.74, 6) is 1.76. The highest BCUT2D eigenvalue weighted by atomic mass is 79.9. The van der Waals surface area contributed by atoms with Crippen LogP contribution in [0.3, 0.4) is 0 Å². The van der Waals surface area contributed by atoms with E-state index in [0.717, 1.165) is 27.2 Å². The van der Waals surface area contributed by atoms with Crippen molar-refractivity contribution in [3.8, 4) is 5.75 Å². The van der Waals surface area contributed by atoms with E-state index in [1.54, 1.807) is 0 Å². The first-order chi connectivity index (χ1) is 9.45. The summed E-state index contributed by atoms with van der Waals surface area (Å²) >= 11 is 6.74. The summed E-state index contributed by atoms with van der Waals surface area (Å²) in [4.78, 5) is 0. The van der Waals surface area contributed by atoms with Gasteiger partial charge in [0.25, 0.3) is 0 Å². The fourth-order valence-corrected chi connectivity index (χ4v) is 2.50. The minimum Gasteiger partial charge on any atom is -0.491 e. The third-order valence-corrected chi connectivity index (χ3v) is 4.43. The Balaban J connectivity index is 2.02. The van der Waals surface area contributed by atoms with Crippen molar-refractivity contribution in [1.82, 2.24) is 0 Å². The number of anilines is 1. The van der Waals surface area contributed by atoms with Crippen LogP contribution < -0.4 is 10.1 Å². The molecule has 2 rings (SSSR count). The van der Waals surface area contributed by atoms with Gasteiger partial charge in [-0.1, -0.05) is 0 Å². The normalized spacial score (nSPS) is 10.9. The highest BCUT2D eigenvalue weighted by Crippen LogP contribution is 2.28. The van der Waals surface area contributed by atoms with E-state index < -0.39 is 0 Å². The van der Waals surface area contributed by atoms with Gasteiger partial charge in [-0.25, -0.2) is 0 Å². The van der Waals surface area contributed by atoms with Gasteiger partial charge in [-0.3, -0.25) is 0 Å². The van der Waals surface area contributed by atoms with Gasteiger partial charge in [0.15, 0.2) is 4.67 Å². The van der Waals surface area contributed by atoms with E-state index in [0.29, 0.717) is 11.2 Å². The number of halogens is 2. The quantitative estimate of drug-likeness (QED) is 0.715. The lowest BCUT2D eigenvalue weighted by Crippen LogP contribution is -2.06. The highest BCUT2D eigenvalue weighted by molar-refractivity contribution is 9.13. The van der Waals surface area contributed by atoms with Gasteiger partial charge in [0.1, 0.15) is 11.5 Å². The molecular weight excluding hydrogens is 386 g/mol. The maximum Gasteiger partial charge on any atom is 0.183 e. The molecule has 5 heteroatoms. The molecule has 0 fully saturated rings. The average molecular weight is 403 g/mol. The zero-order valence-corrected chi connectivity index (χ0v) is 14.8. The Hall–Kier alpha value is -0.940. The van der Waals surface area contributed by atoms with E-state index in [1.165, 1.54) is 0 Å². The second-order valence-electron chi connectivity index (χ2n) is 4.83. The molecule has 0 saturated carbocycles. The molecule has 1 N–H and O–H groups in total. The monoisotopic (exact) mass is 401 g/mol. The molecule has 0 radical (unpaired) electrons. The number of aryl methyl sites for hydroxylation is 1. The second kappa shape index (κ2) is 6.68. The molecule has 3 nitrogen and oxygen atoms in total. The van der Waals surface area contributed by atoms with Crippen molar-refractivity contribution >= 4 is 37.5 Å². The molecule has 0 aliphatic carbocycles. The Morgan fingerprint density at radius 2 is 2.00 bits per heavy atom. The van der Waals surface area contributed by atoms with Crippen LogP contribution in [0.25, 0.3) is 0 Å². The van der Waals surface area contributed by atoms with E-state index in [4.69, 9.17) is 9.15 Å². The van der Waals surface area contributed by atoms with Crippen LogP contribution >= 0.6 is 31.9 Å². The van der Waals surface area contributed by atoms with Gasteiger partial charge >= 0.3 is 0 Å². The van der Waals surface area contributed by atoms with Crippen molar-refractivity contribution in [2.45, 2.75) is 33.4 Å². The lowest BCUT2D eigenvalue weighted by Gasteiger charge is -2.13. The Kier molecular flexibility index (Phi) is 5.16. The number of benzene rings is 1. The molecule has 1 aromatic carbocycles. The van der Waals surface area contributed by atoms with Crippen molar-refractivity contribution < 1.29 is 9.15 Å². The molecule has 0 aliphatic rings. The van der Waals surface area contributed by atoms with E-state index in [9.17, 15) is 0 Å². The smallest absolute Gasteiger partial charge is 0.183 e. The maximum absolute atomic E-state index is 5.67. The van der Waals surface area contributed by atoms with Crippen molar-refractivity contribution in [2.75, 3.05) is 5.32 Å². The second-order valence-corrected chi connectivity index (χ2v) is 6.41. The average Bonchev–Trinajstić information content (AvgIpc) is 2.67. The Morgan fingerprint density at radius 1 is 1.25 bits per heavy atom. The maximum atomic E-state index is 5.67. The molecule has 0 saturated heterocycles. The van der Waals surface area contributed by atoms with Gasteiger partial charge in [-0.05, 0) is 82.5 Å². The van der Waals surface area contributed by atoms with Crippen molar-refractivity contribution in [3.05, 3.63) is 44.7 Å². The van der Waals surface area contributed by atoms with E-state index >= 15 is 0 Å². The fraction of sp³-hybridized carbons (Fsp3) is 0.333. The molecule has 0 bridgehead atoms. The topological polar surface area (TPSA) is 34.4 Å². The lowest BCUT2D eigenvalue weighted by atomic mass is 10.2. The van der Waals surface area contributed by atoms with Crippen LogP contribution in [0.15, 0.2) is 37.8 Å². The van der Waals surface area contributed by atoms with Gasteiger partial charge in [0.2, 0.25) is 0 Å². The largest absolute Gasteiger partial charge is 0.491 e. The molecule has 2 aromatic rings. The van der Waals surface area contributed by atoms with Crippen LogP contribution in [0, 0.1) is 6.92 Å². The first kappa shape index (κ1) is 15.4. The van der Waals surface area contributed by atoms with E-state index in [1.807, 2.05) is 38.1 Å². The zero-order chi connectivity index (χ0) is 14.7. The van der Waals surface area contributed by atoms with Crippen LogP contribution in [-0.2, 0) is 6.54 Å². The van der Waals surface area contributed by atoms with Gasteiger partial charge in [-0.2, -0.15) is 0 Å². The highest BCUT2D eigenvalue weighted by Gasteiger charge is 2.07. The van der Waals surface area contributed by atoms with Gasteiger partial charge in [-0.15, -0.1) is 0 Å². The molecule has 0 amide bonds. The molecule has 0 aliphatic heterocycles. The predicted molar refractivity (Wildman–Crippen MR) is 88.4 cm³/mol. The number of ether oxygens (including phenoxy) is 1. The standard InChI is InChI=1S/C15H17Br2NO2/c1-9(2)19-11-4-5-14(10(3)6-11)18-8-12-7-13(16)15(17)20-12/h4-7,9,18H,8H2,1-3H3. The lowest BCUT2D eigenvalue weighted by molar-refractivity contribution is 0.242. The number of nitrogens with one attached hydrogen (secondary N) is 1. The number of hydrogen-bond acceptors (Lipinski definition) is 3. The molecule has 0 atom stereocenters. The van der Waals surface area contributed by atoms with Crippen molar-refractivity contribution in [3.63, 3.8) is 0 Å². The third-order valence-electron chi connectivity index (χ3n) is 2.72. The van der Waals surface area contributed by atoms with Crippen LogP contribution in [0.4, 0.5) is 5.69 Å². The van der Waals surface area contributed by atoms with Crippen LogP contribution in [0.5, 0.6) is 5.75 Å². The summed E-state index contributed by atoms with van der Waals surface area (Å²) in [7, 11) is 0. The Morgan fingerprint density at radius 3 is 2.55 bits per heavy atom. The minimum atomic E-state index is 0.186. The first-order valence-corrected chi connectivity index (χ1v) is 7.99. The summed E-state index contributed by atoms with van der Waals surface area (Å²) < 4.78 is 12.8. The van der Waals surface area contributed by atoms with Crippen LogP contribution in [-0.4, -0.2) is 6.10 Å². The van der Waals surface area contributed by atoms with Crippen LogP contribution in [0.2, 0.25) is 0 Å². The van der Waals surface area contributed by atoms with Crippen LogP contribution in [0.1, 0.15) is 25.2 Å². The van der Waals surface area contributed by atoms with Crippen molar-refractivity contribution in [2.24, 2.45) is 0 Å². The fourth-order valence-electron chi connectivity index (χ4n) is 1.84. The zero-order valence-electron chi connectivity index (χ0n) is 11.7. The summed E-state index contributed by atoms with van der Waals surface area (Å²) in [6.07, 6.45) is 0.186. The Labute approximate surface area is 136 Å². The van der Waals surface area contributed by atoms with E-state index in [-0.39, 0.29) is 6.10 Å². The summed E-state index contributed by atoms with van der Waals surface area (Å²) in [5.41, 5.74) is 2.22. The number of furan rings is 1. The molecule has 108 valence electrons. The summed E-state index contributed by atoms with van der Waals surface area (Å²) in [6, 6.07) is 7.99.